The number of carbonyl (C=O) groups is 1. The number of hydrogen-bond donors (Lipinski definition) is 2. The third-order valence-electron chi connectivity index (χ3n) is 2.29. The Labute approximate surface area is 122 Å². The van der Waals surface area contributed by atoms with Crippen LogP contribution in [0, 0.1) is 11.3 Å². The zero-order valence-corrected chi connectivity index (χ0v) is 13.0. The van der Waals surface area contributed by atoms with Crippen molar-refractivity contribution >= 4 is 27.5 Å². The van der Waals surface area contributed by atoms with E-state index in [1.54, 1.807) is 6.07 Å². The molecule has 0 unspecified atom stereocenters. The monoisotopic (exact) mass is 323 g/mol. The van der Waals surface area contributed by atoms with Gasteiger partial charge < -0.3 is 10.6 Å². The number of carbonyl (C=O) groups excluding carboxylic acids is 1. The molecule has 0 aliphatic carbocycles. The summed E-state index contributed by atoms with van der Waals surface area (Å²) in [6.07, 6.45) is 0.412. The normalized spacial score (nSPS) is 10.7. The minimum Gasteiger partial charge on any atom is -0.384 e. The molecule has 0 aromatic heterocycles. The standard InChI is InChI=1S/C14H18BrN3O/c1-14(2,3)18-13(19)6-7-17-11-5-4-10(9-16)12(15)8-11/h4-5,8,17H,6-7H2,1-3H3,(H,18,19). The Kier molecular flexibility index (Phi) is 5.37. The molecule has 2 N–H and O–H groups in total. The molecule has 0 radical (unpaired) electrons. The Hall–Kier alpha value is -1.54. The molecule has 0 bridgehead atoms. The van der Waals surface area contributed by atoms with Crippen LogP contribution in [0.25, 0.3) is 0 Å². The van der Waals surface area contributed by atoms with E-state index in [2.05, 4.69) is 32.6 Å². The summed E-state index contributed by atoms with van der Waals surface area (Å²) < 4.78 is 0.749. The lowest BCUT2D eigenvalue weighted by Crippen LogP contribution is -2.41. The van der Waals surface area contributed by atoms with E-state index in [9.17, 15) is 4.79 Å². The molecule has 19 heavy (non-hydrogen) atoms. The van der Waals surface area contributed by atoms with Crippen LogP contribution >= 0.6 is 15.9 Å². The number of nitriles is 1. The van der Waals surface area contributed by atoms with Crippen LogP contribution in [-0.2, 0) is 4.79 Å². The first-order valence-corrected chi connectivity index (χ1v) is 6.85. The van der Waals surface area contributed by atoms with E-state index in [-0.39, 0.29) is 11.4 Å². The van der Waals surface area contributed by atoms with Crippen molar-refractivity contribution in [1.82, 2.24) is 5.32 Å². The quantitative estimate of drug-likeness (QED) is 0.895. The van der Waals surface area contributed by atoms with Gasteiger partial charge in [-0.2, -0.15) is 5.26 Å². The number of nitrogens with zero attached hydrogens (tertiary/aromatic N) is 1. The van der Waals surface area contributed by atoms with Crippen LogP contribution in [0.1, 0.15) is 32.8 Å². The second-order valence-corrected chi connectivity index (χ2v) is 6.14. The Balaban J connectivity index is 2.44. The molecule has 102 valence electrons. The lowest BCUT2D eigenvalue weighted by atomic mass is 10.1. The van der Waals surface area contributed by atoms with Crippen molar-refractivity contribution in [2.75, 3.05) is 11.9 Å². The van der Waals surface area contributed by atoms with Gasteiger partial charge in [-0.3, -0.25) is 4.79 Å². The summed E-state index contributed by atoms with van der Waals surface area (Å²) in [5.41, 5.74) is 1.28. The van der Waals surface area contributed by atoms with Crippen LogP contribution in [0.15, 0.2) is 22.7 Å². The van der Waals surface area contributed by atoms with Gasteiger partial charge in [0.05, 0.1) is 5.56 Å². The molecule has 5 heteroatoms. The molecular weight excluding hydrogens is 306 g/mol. The fourth-order valence-electron chi connectivity index (χ4n) is 1.52. The van der Waals surface area contributed by atoms with Crippen LogP contribution < -0.4 is 10.6 Å². The summed E-state index contributed by atoms with van der Waals surface area (Å²) in [5.74, 6) is 0.0210. The van der Waals surface area contributed by atoms with E-state index in [1.807, 2.05) is 32.9 Å². The summed E-state index contributed by atoms with van der Waals surface area (Å²) in [6, 6.07) is 7.48. The molecule has 4 nitrogen and oxygen atoms in total. The molecule has 0 aliphatic rings. The summed E-state index contributed by atoms with van der Waals surface area (Å²) >= 11 is 3.33. The number of anilines is 1. The fraction of sp³-hybridized carbons (Fsp3) is 0.429. The number of rotatable bonds is 4. The molecule has 0 atom stereocenters. The predicted octanol–water partition coefficient (Wildman–Crippen LogP) is 3.04. The van der Waals surface area contributed by atoms with Crippen molar-refractivity contribution in [3.63, 3.8) is 0 Å². The van der Waals surface area contributed by atoms with E-state index in [4.69, 9.17) is 5.26 Å². The van der Waals surface area contributed by atoms with Crippen LogP contribution in [0.2, 0.25) is 0 Å². The van der Waals surface area contributed by atoms with E-state index in [0.29, 0.717) is 18.5 Å². The highest BCUT2D eigenvalue weighted by Gasteiger charge is 2.12. The number of amides is 1. The molecule has 1 aromatic rings. The third-order valence-corrected chi connectivity index (χ3v) is 2.94. The second kappa shape index (κ2) is 6.58. The molecule has 0 spiro atoms. The highest BCUT2D eigenvalue weighted by atomic mass is 79.9. The molecule has 0 saturated heterocycles. The summed E-state index contributed by atoms with van der Waals surface area (Å²) in [4.78, 5) is 11.6. The van der Waals surface area contributed by atoms with E-state index < -0.39 is 0 Å². The van der Waals surface area contributed by atoms with Gasteiger partial charge in [-0.05, 0) is 54.9 Å². The fourth-order valence-corrected chi connectivity index (χ4v) is 1.98. The molecule has 1 amide bonds. The van der Waals surface area contributed by atoms with Crippen molar-refractivity contribution in [2.45, 2.75) is 32.7 Å². The van der Waals surface area contributed by atoms with E-state index in [0.717, 1.165) is 10.2 Å². The van der Waals surface area contributed by atoms with Crippen LogP contribution in [-0.4, -0.2) is 18.0 Å². The largest absolute Gasteiger partial charge is 0.384 e. The van der Waals surface area contributed by atoms with Crippen molar-refractivity contribution in [1.29, 1.82) is 5.26 Å². The summed E-state index contributed by atoms with van der Waals surface area (Å²) in [7, 11) is 0. The topological polar surface area (TPSA) is 64.9 Å². The highest BCUT2D eigenvalue weighted by molar-refractivity contribution is 9.10. The Bertz CT molecular complexity index is 500. The summed E-state index contributed by atoms with van der Waals surface area (Å²) in [5, 5.41) is 14.9. The molecule has 1 aromatic carbocycles. The summed E-state index contributed by atoms with van der Waals surface area (Å²) in [6.45, 7) is 6.42. The predicted molar refractivity (Wildman–Crippen MR) is 79.9 cm³/mol. The van der Waals surface area contributed by atoms with Gasteiger partial charge in [0.2, 0.25) is 5.91 Å². The number of benzene rings is 1. The van der Waals surface area contributed by atoms with Crippen LogP contribution in [0.3, 0.4) is 0 Å². The van der Waals surface area contributed by atoms with Gasteiger partial charge in [0.15, 0.2) is 0 Å². The van der Waals surface area contributed by atoms with Crippen LogP contribution in [0.5, 0.6) is 0 Å². The first-order valence-electron chi connectivity index (χ1n) is 6.06. The van der Waals surface area contributed by atoms with Gasteiger partial charge in [-0.15, -0.1) is 0 Å². The average molecular weight is 324 g/mol. The number of hydrogen-bond acceptors (Lipinski definition) is 3. The van der Waals surface area contributed by atoms with Crippen LogP contribution in [0.4, 0.5) is 5.69 Å². The molecular formula is C14H18BrN3O. The zero-order chi connectivity index (χ0) is 14.5. The molecule has 0 aliphatic heterocycles. The molecule has 0 fully saturated rings. The lowest BCUT2D eigenvalue weighted by molar-refractivity contribution is -0.122. The van der Waals surface area contributed by atoms with Crippen molar-refractivity contribution in [2.24, 2.45) is 0 Å². The maximum Gasteiger partial charge on any atom is 0.222 e. The first kappa shape index (κ1) is 15.5. The first-order chi connectivity index (χ1) is 8.81. The Morgan fingerprint density at radius 3 is 2.63 bits per heavy atom. The van der Waals surface area contributed by atoms with E-state index >= 15 is 0 Å². The van der Waals surface area contributed by atoms with E-state index in [1.165, 1.54) is 0 Å². The lowest BCUT2D eigenvalue weighted by Gasteiger charge is -2.20. The van der Waals surface area contributed by atoms with Gasteiger partial charge in [0, 0.05) is 28.7 Å². The van der Waals surface area contributed by atoms with Gasteiger partial charge in [-0.25, -0.2) is 0 Å². The Morgan fingerprint density at radius 2 is 2.11 bits per heavy atom. The SMILES string of the molecule is CC(C)(C)NC(=O)CCNc1ccc(C#N)c(Br)c1. The highest BCUT2D eigenvalue weighted by Crippen LogP contribution is 2.20. The van der Waals surface area contributed by atoms with Crippen molar-refractivity contribution in [3.8, 4) is 6.07 Å². The molecule has 0 saturated carbocycles. The van der Waals surface area contributed by atoms with Crippen molar-refractivity contribution in [3.05, 3.63) is 28.2 Å². The zero-order valence-electron chi connectivity index (χ0n) is 11.4. The van der Waals surface area contributed by atoms with Gasteiger partial charge >= 0.3 is 0 Å². The van der Waals surface area contributed by atoms with Gasteiger partial charge in [-0.1, -0.05) is 0 Å². The maximum absolute atomic E-state index is 11.6. The van der Waals surface area contributed by atoms with Gasteiger partial charge in [0.1, 0.15) is 6.07 Å². The second-order valence-electron chi connectivity index (χ2n) is 5.28. The smallest absolute Gasteiger partial charge is 0.222 e. The molecule has 0 heterocycles. The minimum atomic E-state index is -0.200. The maximum atomic E-state index is 11.6. The molecule has 1 rings (SSSR count). The van der Waals surface area contributed by atoms with Gasteiger partial charge in [0.25, 0.3) is 0 Å². The van der Waals surface area contributed by atoms with Crippen molar-refractivity contribution < 1.29 is 4.79 Å². The Morgan fingerprint density at radius 1 is 1.42 bits per heavy atom. The number of nitrogens with one attached hydrogen (secondary N) is 2. The average Bonchev–Trinajstić information content (AvgIpc) is 2.26. The third kappa shape index (κ3) is 5.75. The number of halogens is 1. The minimum absolute atomic E-state index is 0.0210.